The van der Waals surface area contributed by atoms with Crippen LogP contribution in [0.5, 0.6) is 0 Å². The lowest BCUT2D eigenvalue weighted by Crippen LogP contribution is -2.71. The molecule has 21 nitrogen and oxygen atoms in total. The Labute approximate surface area is 356 Å². The molecule has 21 heteroatoms. The summed E-state index contributed by atoms with van der Waals surface area (Å²) in [5.41, 5.74) is 0. The minimum absolute atomic E-state index is 0.177. The van der Waals surface area contributed by atoms with Gasteiger partial charge in [0, 0.05) is 13.5 Å². The van der Waals surface area contributed by atoms with E-state index in [9.17, 15) is 61.0 Å². The van der Waals surface area contributed by atoms with Gasteiger partial charge < -0.3 is 99.4 Å². The topological polar surface area (TPSA) is 325 Å². The lowest BCUT2D eigenvalue weighted by atomic mass is 9.93. The third kappa shape index (κ3) is 14.1. The van der Waals surface area contributed by atoms with Gasteiger partial charge in [-0.05, 0) is 13.3 Å². The van der Waals surface area contributed by atoms with Gasteiger partial charge in [-0.15, -0.1) is 0 Å². The lowest BCUT2D eigenvalue weighted by molar-refractivity contribution is -0.385. The monoisotopic (exact) mass is 887 g/mol. The third-order valence-electron chi connectivity index (χ3n) is 11.8. The van der Waals surface area contributed by atoms with Crippen molar-refractivity contribution in [2.24, 2.45) is 0 Å². The van der Waals surface area contributed by atoms with Crippen LogP contribution in [-0.4, -0.2) is 211 Å². The number of carbonyl (C=O) groups excluding carboxylic acids is 1. The molecule has 4 rings (SSSR count). The van der Waals surface area contributed by atoms with Gasteiger partial charge in [0.2, 0.25) is 5.91 Å². The van der Waals surface area contributed by atoms with Gasteiger partial charge >= 0.3 is 0 Å². The van der Waals surface area contributed by atoms with E-state index in [0.29, 0.717) is 6.42 Å². The fourth-order valence-corrected chi connectivity index (χ4v) is 8.15. The molecule has 0 aromatic rings. The molecule has 0 spiro atoms. The van der Waals surface area contributed by atoms with Crippen LogP contribution in [-0.2, 0) is 42.7 Å². The van der Waals surface area contributed by atoms with Crippen molar-refractivity contribution in [3.05, 3.63) is 0 Å². The highest BCUT2D eigenvalue weighted by molar-refractivity contribution is 5.73. The first kappa shape index (κ1) is 52.3. The van der Waals surface area contributed by atoms with Crippen LogP contribution in [0.4, 0.5) is 0 Å². The van der Waals surface area contributed by atoms with Crippen molar-refractivity contribution >= 4 is 5.91 Å². The van der Waals surface area contributed by atoms with Crippen LogP contribution < -0.4 is 5.32 Å². The van der Waals surface area contributed by atoms with Gasteiger partial charge in [0.05, 0.1) is 25.9 Å². The van der Waals surface area contributed by atoms with Crippen molar-refractivity contribution < 1.29 is 98.9 Å². The maximum atomic E-state index is 12.8. The minimum Gasteiger partial charge on any atom is -0.394 e. The Bertz CT molecular complexity index is 1240. The molecule has 4 saturated heterocycles. The summed E-state index contributed by atoms with van der Waals surface area (Å²) in [7, 11) is 0. The number of carbonyl (C=O) groups is 1. The van der Waals surface area contributed by atoms with Gasteiger partial charge in [-0.2, -0.15) is 0 Å². The summed E-state index contributed by atoms with van der Waals surface area (Å²) in [6.07, 6.45) is -17.8. The van der Waals surface area contributed by atoms with E-state index in [4.69, 9.17) is 37.9 Å². The summed E-state index contributed by atoms with van der Waals surface area (Å²) >= 11 is 0. The van der Waals surface area contributed by atoms with Crippen molar-refractivity contribution in [2.75, 3.05) is 26.4 Å². The van der Waals surface area contributed by atoms with Crippen LogP contribution in [0.3, 0.4) is 0 Å². The van der Waals surface area contributed by atoms with Crippen LogP contribution in [0.1, 0.15) is 97.8 Å². The number of hydrogen-bond acceptors (Lipinski definition) is 20. The first-order chi connectivity index (χ1) is 29.2. The summed E-state index contributed by atoms with van der Waals surface area (Å²) in [5, 5.41) is 119. The van der Waals surface area contributed by atoms with Gasteiger partial charge in [-0.25, -0.2) is 0 Å². The fraction of sp³-hybridized carbons (Fsp3) is 0.975. The van der Waals surface area contributed by atoms with E-state index in [0.717, 1.165) is 32.6 Å². The third-order valence-corrected chi connectivity index (χ3v) is 11.8. The number of nitrogens with one attached hydrogen (secondary N) is 1. The average Bonchev–Trinajstić information content (AvgIpc) is 3.24. The summed E-state index contributed by atoms with van der Waals surface area (Å²) < 4.78 is 47.2. The molecular formula is C40H73NO20. The molecule has 4 heterocycles. The second-order valence-corrected chi connectivity index (χ2v) is 16.6. The van der Waals surface area contributed by atoms with E-state index in [2.05, 4.69) is 12.2 Å². The van der Waals surface area contributed by atoms with Crippen LogP contribution in [0.15, 0.2) is 0 Å². The quantitative estimate of drug-likeness (QED) is 0.0434. The zero-order valence-electron chi connectivity index (χ0n) is 35.5. The van der Waals surface area contributed by atoms with Crippen LogP contribution in [0.25, 0.3) is 0 Å². The summed E-state index contributed by atoms with van der Waals surface area (Å²) in [6, 6.07) is -1.57. The predicted octanol–water partition coefficient (Wildman–Crippen LogP) is -2.85. The molecule has 358 valence electrons. The van der Waals surface area contributed by atoms with Crippen molar-refractivity contribution in [2.45, 2.75) is 221 Å². The molecule has 0 saturated carbocycles. The van der Waals surface area contributed by atoms with E-state index in [1.54, 1.807) is 0 Å². The van der Waals surface area contributed by atoms with E-state index in [1.165, 1.54) is 51.9 Å². The molecule has 0 radical (unpaired) electrons. The SMILES string of the molecule is CCCCCCCCCCCCCCO[C@@H]1O[C@H](CO)[C@H](O)[C@H](O[C@@H]2O[C@H](CO)[C@@H](O[C@@H]3O[C@H](CO)[C@H](O)[C@H](O)[C@H]3O)[C@H](O[C@@H]3O[C@@H](C)[C@@H](O)[C@@H](O)[C@@H]3O)[C@H]2NC(C)=O)[C@H]1O. The molecule has 4 aliphatic heterocycles. The maximum absolute atomic E-state index is 12.8. The Morgan fingerprint density at radius 1 is 0.492 bits per heavy atom. The van der Waals surface area contributed by atoms with Gasteiger partial charge in [0.1, 0.15) is 91.5 Å². The molecule has 0 unspecified atom stereocenters. The summed E-state index contributed by atoms with van der Waals surface area (Å²) in [4.78, 5) is 12.8. The highest BCUT2D eigenvalue weighted by Gasteiger charge is 2.56. The molecule has 4 fully saturated rings. The molecule has 1 amide bonds. The van der Waals surface area contributed by atoms with Gasteiger partial charge in [-0.1, -0.05) is 77.6 Å². The Morgan fingerprint density at radius 3 is 1.51 bits per heavy atom. The molecule has 0 aliphatic carbocycles. The number of aliphatic hydroxyl groups excluding tert-OH is 11. The molecule has 61 heavy (non-hydrogen) atoms. The fourth-order valence-electron chi connectivity index (χ4n) is 8.15. The zero-order valence-corrected chi connectivity index (χ0v) is 35.5. The number of rotatable bonds is 24. The van der Waals surface area contributed by atoms with Crippen LogP contribution in [0, 0.1) is 0 Å². The van der Waals surface area contributed by atoms with Crippen molar-refractivity contribution in [1.29, 1.82) is 0 Å². The molecule has 0 aromatic heterocycles. The van der Waals surface area contributed by atoms with Crippen LogP contribution in [0.2, 0.25) is 0 Å². The molecule has 0 aromatic carbocycles. The Hall–Kier alpha value is -1.29. The minimum atomic E-state index is -1.95. The maximum Gasteiger partial charge on any atom is 0.217 e. The molecule has 0 bridgehead atoms. The zero-order chi connectivity index (χ0) is 44.8. The Kier molecular flexibility index (Phi) is 22.3. The van der Waals surface area contributed by atoms with Crippen molar-refractivity contribution in [3.63, 3.8) is 0 Å². The number of unbranched alkanes of at least 4 members (excludes halogenated alkanes) is 11. The van der Waals surface area contributed by atoms with Crippen molar-refractivity contribution in [3.8, 4) is 0 Å². The number of aliphatic hydroxyl groups is 11. The van der Waals surface area contributed by atoms with Crippen molar-refractivity contribution in [1.82, 2.24) is 5.32 Å². The normalized spacial score (nSPS) is 42.1. The summed E-state index contributed by atoms with van der Waals surface area (Å²) in [6.45, 7) is 2.46. The molecule has 12 N–H and O–H groups in total. The van der Waals surface area contributed by atoms with Gasteiger partial charge in [0.25, 0.3) is 0 Å². The van der Waals surface area contributed by atoms with Gasteiger partial charge in [0.15, 0.2) is 25.2 Å². The molecular weight excluding hydrogens is 814 g/mol. The second-order valence-electron chi connectivity index (χ2n) is 16.6. The first-order valence-corrected chi connectivity index (χ1v) is 21.9. The average molecular weight is 888 g/mol. The van der Waals surface area contributed by atoms with E-state index in [-0.39, 0.29) is 6.61 Å². The standard InChI is InChI=1S/C40H73NO20/c1-4-5-6-7-8-9-10-11-12-13-14-15-16-54-38-33(53)36(28(48)23(18-43)56-38)61-37-25(41-21(3)45)35(60-39-31(51)29(49)26(46)20(2)55-39)34(24(19-44)58-37)59-40-32(52)30(50)27(47)22(17-42)57-40/h20,22-40,42-44,46-53H,4-19H2,1-3H3,(H,41,45)/t20-,22+,23+,24+,25+,26+,27-,28-,29+,30-,31-,32+,33+,34+,35+,36-,37-,38+,39-,40-/m0/s1. The highest BCUT2D eigenvalue weighted by Crippen LogP contribution is 2.36. The molecule has 20 atom stereocenters. The summed E-state index contributed by atoms with van der Waals surface area (Å²) in [5.74, 6) is -0.719. The van der Waals surface area contributed by atoms with E-state index in [1.807, 2.05) is 0 Å². The van der Waals surface area contributed by atoms with E-state index >= 15 is 0 Å². The Morgan fingerprint density at radius 2 is 0.951 bits per heavy atom. The first-order valence-electron chi connectivity index (χ1n) is 21.9. The van der Waals surface area contributed by atoms with E-state index < -0.39 is 148 Å². The Balaban J connectivity index is 1.51. The number of hydrogen-bond donors (Lipinski definition) is 12. The number of amides is 1. The highest BCUT2D eigenvalue weighted by atomic mass is 16.8. The lowest BCUT2D eigenvalue weighted by Gasteiger charge is -2.51. The van der Waals surface area contributed by atoms with Crippen LogP contribution >= 0.6 is 0 Å². The largest absolute Gasteiger partial charge is 0.394 e. The van der Waals surface area contributed by atoms with Gasteiger partial charge in [-0.3, -0.25) is 4.79 Å². The molecule has 4 aliphatic rings. The smallest absolute Gasteiger partial charge is 0.217 e. The number of ether oxygens (including phenoxy) is 8. The predicted molar refractivity (Wildman–Crippen MR) is 209 cm³/mol. The second kappa shape index (κ2) is 26.0.